The van der Waals surface area contributed by atoms with Crippen molar-refractivity contribution in [2.75, 3.05) is 12.4 Å². The minimum absolute atomic E-state index is 0.253. The first-order valence-corrected chi connectivity index (χ1v) is 6.37. The van der Waals surface area contributed by atoms with Gasteiger partial charge in [0.25, 0.3) is 5.91 Å². The molecule has 110 valence electrons. The number of amides is 1. The summed E-state index contributed by atoms with van der Waals surface area (Å²) in [5.41, 5.74) is 0.992. The summed E-state index contributed by atoms with van der Waals surface area (Å²) in [5.74, 6) is -0.190. The quantitative estimate of drug-likeness (QED) is 0.654. The number of anilines is 1. The highest BCUT2D eigenvalue weighted by atomic mass is 35.5. The van der Waals surface area contributed by atoms with Crippen LogP contribution in [0.5, 0.6) is 0 Å². The van der Waals surface area contributed by atoms with Crippen LogP contribution in [-0.4, -0.2) is 17.9 Å². The van der Waals surface area contributed by atoms with E-state index in [0.717, 1.165) is 0 Å². The molecule has 0 atom stereocenters. The van der Waals surface area contributed by atoms with Gasteiger partial charge in [0.2, 0.25) is 0 Å². The molecule has 0 radical (unpaired) electrons. The van der Waals surface area contributed by atoms with Gasteiger partial charge in [0, 0.05) is 12.7 Å². The first-order valence-electron chi connectivity index (χ1n) is 6.00. The summed E-state index contributed by atoms with van der Waals surface area (Å²) in [6.07, 6.45) is 0. The van der Waals surface area contributed by atoms with Gasteiger partial charge in [-0.1, -0.05) is 11.6 Å². The SMILES string of the molecule is CNC(=O)c1cc(NCc2ccc([N+](=O)[O-])o2)ccc1Cl. The molecule has 0 saturated heterocycles. The predicted octanol–water partition coefficient (Wildman–Crippen LogP) is 2.81. The van der Waals surface area contributed by atoms with E-state index >= 15 is 0 Å². The van der Waals surface area contributed by atoms with Crippen LogP contribution in [0, 0.1) is 10.1 Å². The molecule has 1 aromatic heterocycles. The summed E-state index contributed by atoms with van der Waals surface area (Å²) in [5, 5.41) is 16.4. The zero-order valence-electron chi connectivity index (χ0n) is 11.1. The van der Waals surface area contributed by atoms with Gasteiger partial charge < -0.3 is 15.1 Å². The summed E-state index contributed by atoms with van der Waals surface area (Å²) in [6.45, 7) is 0.253. The Morgan fingerprint density at radius 1 is 1.38 bits per heavy atom. The second-order valence-electron chi connectivity index (χ2n) is 4.12. The number of hydrogen-bond acceptors (Lipinski definition) is 5. The molecule has 1 aromatic carbocycles. The van der Waals surface area contributed by atoms with Crippen LogP contribution in [0.4, 0.5) is 11.6 Å². The molecule has 21 heavy (non-hydrogen) atoms. The standard InChI is InChI=1S/C13H12ClN3O4/c1-15-13(18)10-6-8(2-4-11(10)14)16-7-9-3-5-12(21-9)17(19)20/h2-6,16H,7H2,1H3,(H,15,18). The topological polar surface area (TPSA) is 97.4 Å². The highest BCUT2D eigenvalue weighted by Crippen LogP contribution is 2.22. The van der Waals surface area contributed by atoms with Crippen molar-refractivity contribution in [3.8, 4) is 0 Å². The number of nitrogens with one attached hydrogen (secondary N) is 2. The van der Waals surface area contributed by atoms with Crippen LogP contribution in [0.3, 0.4) is 0 Å². The first kappa shape index (κ1) is 14.9. The molecule has 2 rings (SSSR count). The predicted molar refractivity (Wildman–Crippen MR) is 77.5 cm³/mol. The van der Waals surface area contributed by atoms with Crippen LogP contribution in [0.25, 0.3) is 0 Å². The number of nitro groups is 1. The summed E-state index contributed by atoms with van der Waals surface area (Å²) < 4.78 is 5.02. The molecule has 7 nitrogen and oxygen atoms in total. The first-order chi connectivity index (χ1) is 10.0. The van der Waals surface area contributed by atoms with E-state index in [-0.39, 0.29) is 18.3 Å². The van der Waals surface area contributed by atoms with Crippen LogP contribution < -0.4 is 10.6 Å². The van der Waals surface area contributed by atoms with Gasteiger partial charge in [-0.05, 0) is 24.3 Å². The van der Waals surface area contributed by atoms with Crippen molar-refractivity contribution >= 4 is 29.1 Å². The van der Waals surface area contributed by atoms with E-state index in [2.05, 4.69) is 10.6 Å². The average Bonchev–Trinajstić information content (AvgIpc) is 2.94. The van der Waals surface area contributed by atoms with E-state index in [9.17, 15) is 14.9 Å². The molecule has 1 heterocycles. The van der Waals surface area contributed by atoms with E-state index in [1.807, 2.05) is 0 Å². The Hall–Kier alpha value is -2.54. The Morgan fingerprint density at radius 2 is 2.14 bits per heavy atom. The fourth-order valence-electron chi connectivity index (χ4n) is 1.69. The number of carbonyl (C=O) groups excluding carboxylic acids is 1. The molecule has 1 amide bonds. The van der Waals surface area contributed by atoms with Crippen molar-refractivity contribution < 1.29 is 14.1 Å². The number of rotatable bonds is 5. The smallest absolute Gasteiger partial charge is 0.404 e. The molecule has 0 unspecified atom stereocenters. The maximum Gasteiger partial charge on any atom is 0.433 e. The summed E-state index contributed by atoms with van der Waals surface area (Å²) in [7, 11) is 1.51. The van der Waals surface area contributed by atoms with Gasteiger partial charge in [-0.15, -0.1) is 0 Å². The lowest BCUT2D eigenvalue weighted by Crippen LogP contribution is -2.18. The van der Waals surface area contributed by atoms with Gasteiger partial charge in [-0.25, -0.2) is 0 Å². The van der Waals surface area contributed by atoms with Gasteiger partial charge in [-0.2, -0.15) is 0 Å². The molecular formula is C13H12ClN3O4. The molecule has 2 aromatic rings. The second kappa shape index (κ2) is 6.27. The second-order valence-corrected chi connectivity index (χ2v) is 4.53. The van der Waals surface area contributed by atoms with E-state index in [4.69, 9.17) is 16.0 Å². The van der Waals surface area contributed by atoms with Crippen LogP contribution in [0.1, 0.15) is 16.1 Å². The Bertz CT molecular complexity index is 684. The van der Waals surface area contributed by atoms with Crippen molar-refractivity contribution in [3.63, 3.8) is 0 Å². The van der Waals surface area contributed by atoms with Crippen molar-refractivity contribution in [1.29, 1.82) is 0 Å². The summed E-state index contributed by atoms with van der Waals surface area (Å²) in [4.78, 5) is 21.5. The minimum Gasteiger partial charge on any atom is -0.404 e. The van der Waals surface area contributed by atoms with E-state index < -0.39 is 4.92 Å². The number of halogens is 1. The maximum atomic E-state index is 11.6. The Morgan fingerprint density at radius 3 is 2.76 bits per heavy atom. The highest BCUT2D eigenvalue weighted by molar-refractivity contribution is 6.34. The Balaban J connectivity index is 2.09. The number of furan rings is 1. The third kappa shape index (κ3) is 3.51. The van der Waals surface area contributed by atoms with Gasteiger partial charge >= 0.3 is 5.88 Å². The van der Waals surface area contributed by atoms with Gasteiger partial charge in [0.15, 0.2) is 0 Å². The van der Waals surface area contributed by atoms with Crippen LogP contribution >= 0.6 is 11.6 Å². The molecule has 8 heteroatoms. The molecule has 0 fully saturated rings. The molecule has 0 aliphatic heterocycles. The van der Waals surface area contributed by atoms with Crippen LogP contribution in [0.2, 0.25) is 5.02 Å². The largest absolute Gasteiger partial charge is 0.433 e. The third-order valence-electron chi connectivity index (χ3n) is 2.73. The highest BCUT2D eigenvalue weighted by Gasteiger charge is 2.12. The van der Waals surface area contributed by atoms with E-state index in [1.165, 1.54) is 19.2 Å². The maximum absolute atomic E-state index is 11.6. The summed E-state index contributed by atoms with van der Waals surface area (Å²) >= 11 is 5.94. The number of benzene rings is 1. The fraction of sp³-hybridized carbons (Fsp3) is 0.154. The lowest BCUT2D eigenvalue weighted by Gasteiger charge is -2.08. The minimum atomic E-state index is -0.602. The fourth-order valence-corrected chi connectivity index (χ4v) is 1.90. The van der Waals surface area contributed by atoms with Crippen LogP contribution in [0.15, 0.2) is 34.7 Å². The van der Waals surface area contributed by atoms with E-state index in [1.54, 1.807) is 18.2 Å². The van der Waals surface area contributed by atoms with Crippen molar-refractivity contribution in [2.45, 2.75) is 6.54 Å². The van der Waals surface area contributed by atoms with Crippen molar-refractivity contribution in [3.05, 3.63) is 56.8 Å². The van der Waals surface area contributed by atoms with Gasteiger partial charge in [0.05, 0.1) is 23.2 Å². The monoisotopic (exact) mass is 309 g/mol. The zero-order valence-corrected chi connectivity index (χ0v) is 11.8. The summed E-state index contributed by atoms with van der Waals surface area (Å²) in [6, 6.07) is 7.69. The molecule has 0 saturated carbocycles. The molecular weight excluding hydrogens is 298 g/mol. The Labute approximate surface area is 125 Å². The van der Waals surface area contributed by atoms with Crippen molar-refractivity contribution in [2.24, 2.45) is 0 Å². The van der Waals surface area contributed by atoms with Crippen molar-refractivity contribution in [1.82, 2.24) is 5.32 Å². The molecule has 0 bridgehead atoms. The van der Waals surface area contributed by atoms with Gasteiger partial charge in [0.1, 0.15) is 10.7 Å². The number of nitrogens with zero attached hydrogens (tertiary/aromatic N) is 1. The molecule has 0 aliphatic carbocycles. The lowest BCUT2D eigenvalue weighted by atomic mass is 10.2. The Kier molecular flexibility index (Phi) is 4.44. The molecule has 0 aliphatic rings. The lowest BCUT2D eigenvalue weighted by molar-refractivity contribution is -0.402. The third-order valence-corrected chi connectivity index (χ3v) is 3.06. The zero-order chi connectivity index (χ0) is 15.4. The van der Waals surface area contributed by atoms with Crippen LogP contribution in [-0.2, 0) is 6.54 Å². The number of carbonyl (C=O) groups is 1. The van der Waals surface area contributed by atoms with Gasteiger partial charge in [-0.3, -0.25) is 14.9 Å². The van der Waals surface area contributed by atoms with E-state index in [0.29, 0.717) is 22.0 Å². The normalized spacial score (nSPS) is 10.2. The number of hydrogen-bond donors (Lipinski definition) is 2. The molecule has 0 spiro atoms. The average molecular weight is 310 g/mol. The molecule has 2 N–H and O–H groups in total.